The summed E-state index contributed by atoms with van der Waals surface area (Å²) >= 11 is 0. The molecule has 3 rings (SSSR count). The van der Waals surface area contributed by atoms with Gasteiger partial charge in [0.25, 0.3) is 10.0 Å². The Balaban J connectivity index is 1.85. The molecule has 2 atom stereocenters. The Morgan fingerprint density at radius 2 is 1.69 bits per heavy atom. The number of hydrogen-bond acceptors (Lipinski definition) is 6. The van der Waals surface area contributed by atoms with Crippen LogP contribution in [0.15, 0.2) is 59.5 Å². The molecule has 198 valence electrons. The molecule has 0 aromatic heterocycles. The number of ether oxygens (including phenoxy) is 2. The van der Waals surface area contributed by atoms with Crippen molar-refractivity contribution >= 4 is 24.4 Å². The Bertz CT molecular complexity index is 1140. The standard InChI is InChI=1S/C27H39NO6SSi/c1-21-14-16-23(17-15-21)35(30,31)28(25(29)33-26(2,3)4)19-11-18-27(34-36(5,6)7)20-32-24(27)22-12-9-8-10-13-22/h8-10,12-17,24H,11,18-20H2,1-7H3/t24-,27-/m1/s1. The number of nitrogens with zero attached hydrogens (tertiary/aromatic N) is 1. The lowest BCUT2D eigenvalue weighted by atomic mass is 9.83. The van der Waals surface area contributed by atoms with Crippen LogP contribution in [0.4, 0.5) is 4.79 Å². The van der Waals surface area contributed by atoms with E-state index in [1.54, 1.807) is 32.9 Å². The van der Waals surface area contributed by atoms with E-state index in [0.717, 1.165) is 15.4 Å². The van der Waals surface area contributed by atoms with Gasteiger partial charge in [-0.15, -0.1) is 0 Å². The molecule has 0 bridgehead atoms. The fourth-order valence-corrected chi connectivity index (χ4v) is 7.13. The van der Waals surface area contributed by atoms with E-state index in [-0.39, 0.29) is 17.5 Å². The van der Waals surface area contributed by atoms with E-state index >= 15 is 0 Å². The molecule has 1 fully saturated rings. The van der Waals surface area contributed by atoms with Gasteiger partial charge in [-0.25, -0.2) is 17.5 Å². The zero-order valence-electron chi connectivity index (χ0n) is 22.4. The molecule has 0 radical (unpaired) electrons. The number of carbonyl (C=O) groups is 1. The number of amides is 1. The molecule has 36 heavy (non-hydrogen) atoms. The first-order valence-electron chi connectivity index (χ1n) is 12.3. The Labute approximate surface area is 216 Å². The van der Waals surface area contributed by atoms with E-state index in [4.69, 9.17) is 13.9 Å². The van der Waals surface area contributed by atoms with Gasteiger partial charge in [-0.3, -0.25) is 0 Å². The molecule has 0 unspecified atom stereocenters. The van der Waals surface area contributed by atoms with Crippen molar-refractivity contribution in [3.63, 3.8) is 0 Å². The zero-order valence-corrected chi connectivity index (χ0v) is 24.2. The minimum Gasteiger partial charge on any atom is -0.443 e. The molecule has 0 aliphatic carbocycles. The van der Waals surface area contributed by atoms with Crippen molar-refractivity contribution in [2.45, 2.75) is 82.4 Å². The summed E-state index contributed by atoms with van der Waals surface area (Å²) < 4.78 is 46.0. The second-order valence-corrected chi connectivity index (χ2v) is 17.6. The smallest absolute Gasteiger partial charge is 0.424 e. The molecule has 1 saturated heterocycles. The van der Waals surface area contributed by atoms with E-state index in [9.17, 15) is 13.2 Å². The van der Waals surface area contributed by atoms with Crippen molar-refractivity contribution in [2.24, 2.45) is 0 Å². The third kappa shape index (κ3) is 6.97. The highest BCUT2D eigenvalue weighted by Gasteiger charge is 2.52. The van der Waals surface area contributed by atoms with Crippen molar-refractivity contribution in [3.05, 3.63) is 65.7 Å². The highest BCUT2D eigenvalue weighted by Crippen LogP contribution is 2.46. The maximum atomic E-state index is 13.5. The van der Waals surface area contributed by atoms with E-state index < -0.39 is 35.6 Å². The Kier molecular flexibility index (Phi) is 8.39. The predicted molar refractivity (Wildman–Crippen MR) is 143 cm³/mol. The molecule has 0 saturated carbocycles. The van der Waals surface area contributed by atoms with E-state index in [0.29, 0.717) is 19.4 Å². The highest BCUT2D eigenvalue weighted by atomic mass is 32.2. The molecule has 1 aliphatic heterocycles. The first-order chi connectivity index (χ1) is 16.6. The minimum absolute atomic E-state index is 0.0244. The van der Waals surface area contributed by atoms with Crippen LogP contribution in [0.25, 0.3) is 0 Å². The Hall–Kier alpha value is -2.20. The van der Waals surface area contributed by atoms with Gasteiger partial charge in [0, 0.05) is 6.54 Å². The first-order valence-corrected chi connectivity index (χ1v) is 17.2. The number of sulfonamides is 1. The van der Waals surface area contributed by atoms with Gasteiger partial charge in [-0.1, -0.05) is 48.0 Å². The van der Waals surface area contributed by atoms with Gasteiger partial charge in [-0.2, -0.15) is 0 Å². The molecule has 9 heteroatoms. The van der Waals surface area contributed by atoms with Crippen LogP contribution in [0.2, 0.25) is 19.6 Å². The Morgan fingerprint density at radius 1 is 1.08 bits per heavy atom. The fraction of sp³-hybridized carbons (Fsp3) is 0.519. The van der Waals surface area contributed by atoms with Crippen molar-refractivity contribution in [2.75, 3.05) is 13.2 Å². The third-order valence-electron chi connectivity index (χ3n) is 5.75. The summed E-state index contributed by atoms with van der Waals surface area (Å²) in [6, 6.07) is 16.4. The zero-order chi connectivity index (χ0) is 26.8. The van der Waals surface area contributed by atoms with Crippen LogP contribution in [0.1, 0.15) is 50.8 Å². The summed E-state index contributed by atoms with van der Waals surface area (Å²) in [6.45, 7) is 13.8. The van der Waals surface area contributed by atoms with Crippen molar-refractivity contribution in [3.8, 4) is 0 Å². The SMILES string of the molecule is Cc1ccc(S(=O)(=O)N(CCC[C@@]2(O[Si](C)(C)C)CO[C@@H]2c2ccccc2)C(=O)OC(C)(C)C)cc1. The molecule has 1 aliphatic rings. The van der Waals surface area contributed by atoms with E-state index in [1.165, 1.54) is 12.1 Å². The summed E-state index contributed by atoms with van der Waals surface area (Å²) in [7, 11) is -6.07. The van der Waals surface area contributed by atoms with Gasteiger partial charge in [0.2, 0.25) is 0 Å². The van der Waals surface area contributed by atoms with Gasteiger partial charge in [0.05, 0.1) is 11.5 Å². The average molecular weight is 534 g/mol. The molecular weight excluding hydrogens is 494 g/mol. The van der Waals surface area contributed by atoms with Crippen LogP contribution < -0.4 is 0 Å². The van der Waals surface area contributed by atoms with Gasteiger partial charge in [0.15, 0.2) is 8.32 Å². The van der Waals surface area contributed by atoms with Crippen LogP contribution in [0.3, 0.4) is 0 Å². The maximum Gasteiger partial charge on any atom is 0.424 e. The predicted octanol–water partition coefficient (Wildman–Crippen LogP) is 6.06. The summed E-state index contributed by atoms with van der Waals surface area (Å²) in [4.78, 5) is 13.1. The molecule has 0 spiro atoms. The quantitative estimate of drug-likeness (QED) is 0.364. The van der Waals surface area contributed by atoms with Crippen LogP contribution in [0.5, 0.6) is 0 Å². The van der Waals surface area contributed by atoms with Gasteiger partial charge in [0.1, 0.15) is 17.3 Å². The number of rotatable bonds is 9. The first kappa shape index (κ1) is 28.4. The molecular formula is C27H39NO6SSi. The molecule has 7 nitrogen and oxygen atoms in total. The van der Waals surface area contributed by atoms with Gasteiger partial charge in [-0.05, 0) is 77.9 Å². The van der Waals surface area contributed by atoms with Crippen molar-refractivity contribution in [1.29, 1.82) is 0 Å². The molecule has 1 amide bonds. The maximum absolute atomic E-state index is 13.5. The van der Waals surface area contributed by atoms with Crippen molar-refractivity contribution < 1.29 is 27.1 Å². The van der Waals surface area contributed by atoms with E-state index in [2.05, 4.69) is 19.6 Å². The second kappa shape index (κ2) is 10.7. The van der Waals surface area contributed by atoms with Crippen LogP contribution in [-0.4, -0.2) is 51.5 Å². The Morgan fingerprint density at radius 3 is 2.19 bits per heavy atom. The molecule has 0 N–H and O–H groups in total. The van der Waals surface area contributed by atoms with Crippen LogP contribution in [0, 0.1) is 6.92 Å². The number of aryl methyl sites for hydroxylation is 1. The summed E-state index contributed by atoms with van der Waals surface area (Å²) in [5.74, 6) is 0. The summed E-state index contributed by atoms with van der Waals surface area (Å²) in [5.41, 5.74) is 0.554. The lowest BCUT2D eigenvalue weighted by Crippen LogP contribution is -2.58. The van der Waals surface area contributed by atoms with Crippen LogP contribution in [-0.2, 0) is 23.9 Å². The van der Waals surface area contributed by atoms with Crippen molar-refractivity contribution in [1.82, 2.24) is 4.31 Å². The van der Waals surface area contributed by atoms with Gasteiger partial charge < -0.3 is 13.9 Å². The van der Waals surface area contributed by atoms with Gasteiger partial charge >= 0.3 is 6.09 Å². The molecule has 2 aromatic carbocycles. The monoisotopic (exact) mass is 533 g/mol. The number of hydrogen-bond donors (Lipinski definition) is 0. The number of benzene rings is 2. The molecule has 1 heterocycles. The highest BCUT2D eigenvalue weighted by molar-refractivity contribution is 7.89. The summed E-state index contributed by atoms with van der Waals surface area (Å²) in [6.07, 6.45) is -0.178. The van der Waals surface area contributed by atoms with Crippen LogP contribution >= 0.6 is 0 Å². The average Bonchev–Trinajstić information content (AvgIpc) is 2.74. The normalized spacial score (nSPS) is 20.5. The lowest BCUT2D eigenvalue weighted by molar-refractivity contribution is -0.234. The van der Waals surface area contributed by atoms with E-state index in [1.807, 2.05) is 37.3 Å². The summed E-state index contributed by atoms with van der Waals surface area (Å²) in [5, 5.41) is 0. The molecule has 2 aromatic rings. The lowest BCUT2D eigenvalue weighted by Gasteiger charge is -2.52. The minimum atomic E-state index is -4.10. The second-order valence-electron chi connectivity index (χ2n) is 11.4. The third-order valence-corrected chi connectivity index (χ3v) is 8.55. The largest absolute Gasteiger partial charge is 0.443 e. The topological polar surface area (TPSA) is 82.1 Å². The fourth-order valence-electron chi connectivity index (χ4n) is 4.31. The number of carbonyl (C=O) groups excluding carboxylic acids is 1.